The van der Waals surface area contributed by atoms with Crippen molar-refractivity contribution in [3.63, 3.8) is 0 Å². The molecule has 1 aromatic carbocycles. The van der Waals surface area contributed by atoms with Crippen LogP contribution < -0.4 is 4.74 Å². The molecule has 4 nitrogen and oxygen atoms in total. The first-order chi connectivity index (χ1) is 7.86. The van der Waals surface area contributed by atoms with E-state index >= 15 is 0 Å². The molecule has 1 aromatic rings. The van der Waals surface area contributed by atoms with E-state index in [-0.39, 0.29) is 0 Å². The van der Waals surface area contributed by atoms with Crippen LogP contribution in [0.3, 0.4) is 0 Å². The van der Waals surface area contributed by atoms with Crippen molar-refractivity contribution in [3.8, 4) is 11.8 Å². The lowest BCUT2D eigenvalue weighted by Gasteiger charge is -2.22. The van der Waals surface area contributed by atoms with E-state index in [1.165, 1.54) is 14.0 Å². The second-order valence-electron chi connectivity index (χ2n) is 4.20. The number of carboxylic acids is 1. The lowest BCUT2D eigenvalue weighted by molar-refractivity contribution is -0.141. The molecule has 0 fully saturated rings. The molecule has 0 aliphatic carbocycles. The number of benzene rings is 1. The minimum absolute atomic E-state index is 0.417. The minimum Gasteiger partial charge on any atom is -0.496 e. The van der Waals surface area contributed by atoms with Crippen LogP contribution in [0.2, 0.25) is 0 Å². The highest BCUT2D eigenvalue weighted by Gasteiger charge is 2.39. The number of carboxylic acid groups (broad SMARTS) is 1. The second kappa shape index (κ2) is 4.46. The molecule has 0 aliphatic heterocycles. The van der Waals surface area contributed by atoms with Gasteiger partial charge in [0, 0.05) is 5.56 Å². The van der Waals surface area contributed by atoms with E-state index in [1.807, 2.05) is 19.1 Å². The molecule has 0 bridgehead atoms. The van der Waals surface area contributed by atoms with Gasteiger partial charge in [-0.25, -0.2) is 0 Å². The molecule has 0 aliphatic rings. The summed E-state index contributed by atoms with van der Waals surface area (Å²) < 4.78 is 5.19. The van der Waals surface area contributed by atoms with Crippen LogP contribution in [-0.4, -0.2) is 18.2 Å². The molecular weight excluding hydrogens is 218 g/mol. The van der Waals surface area contributed by atoms with Gasteiger partial charge in [0.2, 0.25) is 0 Å². The van der Waals surface area contributed by atoms with Crippen molar-refractivity contribution in [2.24, 2.45) is 0 Å². The van der Waals surface area contributed by atoms with Gasteiger partial charge in [-0.05, 0) is 38.0 Å². The highest BCUT2D eigenvalue weighted by molar-refractivity contribution is 5.86. The monoisotopic (exact) mass is 233 g/mol. The summed E-state index contributed by atoms with van der Waals surface area (Å²) in [6.07, 6.45) is 0. The van der Waals surface area contributed by atoms with Crippen LogP contribution in [0.25, 0.3) is 0 Å². The molecule has 0 saturated heterocycles. The number of methoxy groups -OCH3 is 1. The average molecular weight is 233 g/mol. The van der Waals surface area contributed by atoms with Crippen LogP contribution in [0.4, 0.5) is 0 Å². The van der Waals surface area contributed by atoms with Crippen molar-refractivity contribution in [2.45, 2.75) is 26.2 Å². The summed E-state index contributed by atoms with van der Waals surface area (Å²) in [5.74, 6) is -0.737. The van der Waals surface area contributed by atoms with Crippen LogP contribution in [0.5, 0.6) is 5.75 Å². The van der Waals surface area contributed by atoms with Crippen LogP contribution in [0, 0.1) is 25.2 Å². The first-order valence-electron chi connectivity index (χ1n) is 5.17. The minimum atomic E-state index is -1.59. The molecule has 17 heavy (non-hydrogen) atoms. The second-order valence-corrected chi connectivity index (χ2v) is 4.20. The molecule has 1 N–H and O–H groups in total. The Morgan fingerprint density at radius 2 is 2.06 bits per heavy atom. The van der Waals surface area contributed by atoms with Gasteiger partial charge in [-0.3, -0.25) is 4.79 Å². The lowest BCUT2D eigenvalue weighted by Crippen LogP contribution is -2.32. The van der Waals surface area contributed by atoms with E-state index in [4.69, 9.17) is 10.00 Å². The summed E-state index contributed by atoms with van der Waals surface area (Å²) in [6.45, 7) is 5.06. The Bertz CT molecular complexity index is 502. The third-order valence-electron chi connectivity index (χ3n) is 2.81. The molecule has 0 amide bonds. The molecule has 4 heteroatoms. The van der Waals surface area contributed by atoms with Crippen molar-refractivity contribution < 1.29 is 14.6 Å². The standard InChI is InChI=1S/C13H15NO3/c1-8-5-9(2)11(10(6-8)17-4)13(3,7-14)12(15)16/h5-6H,1-4H3,(H,15,16). The molecule has 1 unspecified atom stereocenters. The number of ether oxygens (including phenoxy) is 1. The molecule has 0 heterocycles. The Labute approximate surface area is 100 Å². The molecule has 1 atom stereocenters. The van der Waals surface area contributed by atoms with Crippen molar-refractivity contribution in [3.05, 3.63) is 28.8 Å². The highest BCUT2D eigenvalue weighted by Crippen LogP contribution is 2.35. The van der Waals surface area contributed by atoms with Gasteiger partial charge in [0.25, 0.3) is 0 Å². The summed E-state index contributed by atoms with van der Waals surface area (Å²) >= 11 is 0. The molecule has 0 aromatic heterocycles. The average Bonchev–Trinajstić information content (AvgIpc) is 2.26. The lowest BCUT2D eigenvalue weighted by atomic mass is 9.80. The van der Waals surface area contributed by atoms with E-state index in [9.17, 15) is 9.90 Å². The number of rotatable bonds is 3. The Balaban J connectivity index is 3.61. The van der Waals surface area contributed by atoms with Crippen molar-refractivity contribution in [1.29, 1.82) is 5.26 Å². The van der Waals surface area contributed by atoms with Gasteiger partial charge in [0.05, 0.1) is 13.2 Å². The fourth-order valence-corrected chi connectivity index (χ4v) is 1.94. The highest BCUT2D eigenvalue weighted by atomic mass is 16.5. The maximum atomic E-state index is 11.3. The van der Waals surface area contributed by atoms with Gasteiger partial charge in [0.1, 0.15) is 5.75 Å². The predicted octanol–water partition coefficient (Wildman–Crippen LogP) is 2.18. The number of aliphatic carboxylic acids is 1. The van der Waals surface area contributed by atoms with Crippen molar-refractivity contribution in [1.82, 2.24) is 0 Å². The Morgan fingerprint density at radius 1 is 1.47 bits per heavy atom. The summed E-state index contributed by atoms with van der Waals surface area (Å²) in [4.78, 5) is 11.3. The largest absolute Gasteiger partial charge is 0.496 e. The van der Waals surface area contributed by atoms with Crippen LogP contribution in [-0.2, 0) is 10.2 Å². The first-order valence-corrected chi connectivity index (χ1v) is 5.17. The van der Waals surface area contributed by atoms with E-state index < -0.39 is 11.4 Å². The number of nitriles is 1. The molecule has 0 radical (unpaired) electrons. The summed E-state index contributed by atoms with van der Waals surface area (Å²) in [5.41, 5.74) is 0.533. The zero-order valence-electron chi connectivity index (χ0n) is 10.4. The Hall–Kier alpha value is -2.02. The number of nitrogens with zero attached hydrogens (tertiary/aromatic N) is 1. The van der Waals surface area contributed by atoms with Gasteiger partial charge in [-0.2, -0.15) is 5.26 Å². The summed E-state index contributed by atoms with van der Waals surface area (Å²) in [5, 5.41) is 18.4. The quantitative estimate of drug-likeness (QED) is 0.868. The van der Waals surface area contributed by atoms with E-state index in [0.717, 1.165) is 11.1 Å². The maximum absolute atomic E-state index is 11.3. The summed E-state index contributed by atoms with van der Waals surface area (Å²) in [6, 6.07) is 5.43. The van der Waals surface area contributed by atoms with Gasteiger partial charge >= 0.3 is 5.97 Å². The number of hydrogen-bond acceptors (Lipinski definition) is 3. The fraction of sp³-hybridized carbons (Fsp3) is 0.385. The number of carbonyl (C=O) groups is 1. The Morgan fingerprint density at radius 3 is 2.47 bits per heavy atom. The molecule has 0 spiro atoms. The predicted molar refractivity (Wildman–Crippen MR) is 63.1 cm³/mol. The first kappa shape index (κ1) is 13.0. The normalized spacial score (nSPS) is 13.6. The fourth-order valence-electron chi connectivity index (χ4n) is 1.94. The number of hydrogen-bond donors (Lipinski definition) is 1. The van der Waals surface area contributed by atoms with Gasteiger partial charge in [0.15, 0.2) is 5.41 Å². The van der Waals surface area contributed by atoms with Crippen molar-refractivity contribution in [2.75, 3.05) is 7.11 Å². The Kier molecular flexibility index (Phi) is 3.42. The molecule has 0 saturated carbocycles. The van der Waals surface area contributed by atoms with Crippen LogP contribution in [0.1, 0.15) is 23.6 Å². The van der Waals surface area contributed by atoms with Gasteiger partial charge in [-0.1, -0.05) is 6.07 Å². The SMILES string of the molecule is COc1cc(C)cc(C)c1C(C)(C#N)C(=O)O. The zero-order valence-corrected chi connectivity index (χ0v) is 10.4. The molecular formula is C13H15NO3. The molecule has 1 rings (SSSR count). The molecule has 90 valence electrons. The summed E-state index contributed by atoms with van der Waals surface area (Å²) in [7, 11) is 1.47. The number of aryl methyl sites for hydroxylation is 2. The van der Waals surface area contributed by atoms with Crippen LogP contribution >= 0.6 is 0 Å². The zero-order chi connectivity index (χ0) is 13.2. The van der Waals surface area contributed by atoms with E-state index in [0.29, 0.717) is 11.3 Å². The maximum Gasteiger partial charge on any atom is 0.328 e. The topological polar surface area (TPSA) is 70.3 Å². The van der Waals surface area contributed by atoms with E-state index in [2.05, 4.69) is 0 Å². The van der Waals surface area contributed by atoms with Gasteiger partial charge in [-0.15, -0.1) is 0 Å². The van der Waals surface area contributed by atoms with Gasteiger partial charge < -0.3 is 9.84 Å². The smallest absolute Gasteiger partial charge is 0.328 e. The van der Waals surface area contributed by atoms with Crippen molar-refractivity contribution >= 4 is 5.97 Å². The third-order valence-corrected chi connectivity index (χ3v) is 2.81. The third kappa shape index (κ3) is 2.09. The van der Waals surface area contributed by atoms with E-state index in [1.54, 1.807) is 13.0 Å². The van der Waals surface area contributed by atoms with Crippen LogP contribution in [0.15, 0.2) is 12.1 Å².